The number of hydrogen-bond acceptors (Lipinski definition) is 4. The highest BCUT2D eigenvalue weighted by molar-refractivity contribution is 7.85. The molecule has 1 atom stereocenters. The van der Waals surface area contributed by atoms with Crippen LogP contribution in [0.2, 0.25) is 0 Å². The first-order chi connectivity index (χ1) is 13.7. The number of nitrogens with zero attached hydrogens (tertiary/aromatic N) is 2. The van der Waals surface area contributed by atoms with Crippen LogP contribution in [0.25, 0.3) is 0 Å². The largest absolute Gasteiger partial charge is 0.493 e. The molecule has 0 bridgehead atoms. The third-order valence-electron chi connectivity index (χ3n) is 4.81. The molecular formula is C21H27N3O3S. The molecule has 0 aromatic heterocycles. The Morgan fingerprint density at radius 3 is 2.46 bits per heavy atom. The Labute approximate surface area is 169 Å². The minimum absolute atomic E-state index is 0.540. The molecule has 7 heteroatoms. The molecule has 0 fully saturated rings. The van der Waals surface area contributed by atoms with Gasteiger partial charge in [0.1, 0.15) is 0 Å². The molecule has 0 saturated carbocycles. The van der Waals surface area contributed by atoms with Gasteiger partial charge in [-0.05, 0) is 41.8 Å². The minimum Gasteiger partial charge on any atom is -0.493 e. The maximum absolute atomic E-state index is 12.4. The van der Waals surface area contributed by atoms with Crippen LogP contribution in [0.15, 0.2) is 52.4 Å². The van der Waals surface area contributed by atoms with Gasteiger partial charge in [-0.1, -0.05) is 18.2 Å². The van der Waals surface area contributed by atoms with Crippen molar-refractivity contribution in [2.24, 2.45) is 4.99 Å². The zero-order valence-electron chi connectivity index (χ0n) is 16.6. The molecule has 150 valence electrons. The van der Waals surface area contributed by atoms with Crippen molar-refractivity contribution < 1.29 is 13.7 Å². The quantitative estimate of drug-likeness (QED) is 0.595. The lowest BCUT2D eigenvalue weighted by atomic mass is 9.99. The van der Waals surface area contributed by atoms with E-state index in [1.54, 1.807) is 21.3 Å². The molecule has 3 rings (SSSR count). The van der Waals surface area contributed by atoms with Gasteiger partial charge < -0.3 is 19.7 Å². The highest BCUT2D eigenvalue weighted by Gasteiger charge is 2.21. The van der Waals surface area contributed by atoms with Crippen LogP contribution in [0, 0.1) is 0 Å². The molecule has 0 spiro atoms. The fraction of sp³-hybridized carbons (Fsp3) is 0.381. The van der Waals surface area contributed by atoms with Crippen LogP contribution in [0.3, 0.4) is 0 Å². The van der Waals surface area contributed by atoms with E-state index in [2.05, 4.69) is 21.3 Å². The van der Waals surface area contributed by atoms with Crippen molar-refractivity contribution in [3.05, 3.63) is 53.6 Å². The fourth-order valence-electron chi connectivity index (χ4n) is 3.34. The van der Waals surface area contributed by atoms with Gasteiger partial charge in [-0.3, -0.25) is 9.20 Å². The van der Waals surface area contributed by atoms with Gasteiger partial charge >= 0.3 is 0 Å². The van der Waals surface area contributed by atoms with E-state index in [1.807, 2.05) is 36.4 Å². The van der Waals surface area contributed by atoms with Crippen molar-refractivity contribution in [2.75, 3.05) is 40.1 Å². The standard InChI is InChI=1S/C21H27N3O3S/c1-22-21(23-10-12-28(25)18-7-5-4-6-8-18)24-11-9-16-13-19(26-2)20(27-3)14-17(16)15-24/h4-8,13-14H,9-12,15H2,1-3H3,(H,22,23). The summed E-state index contributed by atoms with van der Waals surface area (Å²) < 4.78 is 23.2. The highest BCUT2D eigenvalue weighted by Crippen LogP contribution is 2.33. The first kappa shape index (κ1) is 20.2. The minimum atomic E-state index is -1.02. The molecule has 1 aliphatic heterocycles. The first-order valence-corrected chi connectivity index (χ1v) is 10.6. The second-order valence-electron chi connectivity index (χ2n) is 6.48. The average Bonchev–Trinajstić information content (AvgIpc) is 2.75. The van der Waals surface area contributed by atoms with Gasteiger partial charge in [0.05, 0.1) is 25.0 Å². The summed E-state index contributed by atoms with van der Waals surface area (Å²) in [7, 11) is 4.07. The lowest BCUT2D eigenvalue weighted by Crippen LogP contribution is -2.45. The number of methoxy groups -OCH3 is 2. The third kappa shape index (κ3) is 4.65. The molecule has 1 N–H and O–H groups in total. The molecule has 0 amide bonds. The second kappa shape index (κ2) is 9.59. The number of benzene rings is 2. The summed E-state index contributed by atoms with van der Waals surface area (Å²) in [5.41, 5.74) is 2.48. The van der Waals surface area contributed by atoms with Crippen LogP contribution >= 0.6 is 0 Å². The number of guanidine groups is 1. The predicted molar refractivity (Wildman–Crippen MR) is 113 cm³/mol. The van der Waals surface area contributed by atoms with Crippen LogP contribution in [0.1, 0.15) is 11.1 Å². The van der Waals surface area contributed by atoms with Gasteiger partial charge in [0.2, 0.25) is 0 Å². The van der Waals surface area contributed by atoms with E-state index in [0.29, 0.717) is 12.3 Å². The van der Waals surface area contributed by atoms with E-state index >= 15 is 0 Å². The second-order valence-corrected chi connectivity index (χ2v) is 8.05. The zero-order chi connectivity index (χ0) is 19.9. The molecule has 0 radical (unpaired) electrons. The normalized spacial score (nSPS) is 15.0. The first-order valence-electron chi connectivity index (χ1n) is 9.29. The number of ether oxygens (including phenoxy) is 2. The molecule has 1 aliphatic rings. The van der Waals surface area contributed by atoms with E-state index in [4.69, 9.17) is 9.47 Å². The Balaban J connectivity index is 1.61. The zero-order valence-corrected chi connectivity index (χ0v) is 17.4. The molecule has 0 saturated heterocycles. The van der Waals surface area contributed by atoms with Gasteiger partial charge in [0, 0.05) is 37.3 Å². The number of rotatable bonds is 6. The summed E-state index contributed by atoms with van der Waals surface area (Å²) >= 11 is 0. The lowest BCUT2D eigenvalue weighted by molar-refractivity contribution is 0.346. The van der Waals surface area contributed by atoms with Gasteiger partial charge in [-0.25, -0.2) is 0 Å². The van der Waals surface area contributed by atoms with E-state index < -0.39 is 10.8 Å². The Morgan fingerprint density at radius 2 is 1.82 bits per heavy atom. The van der Waals surface area contributed by atoms with Gasteiger partial charge in [-0.2, -0.15) is 0 Å². The smallest absolute Gasteiger partial charge is 0.193 e. The van der Waals surface area contributed by atoms with Crippen LogP contribution in [-0.2, 0) is 23.8 Å². The lowest BCUT2D eigenvalue weighted by Gasteiger charge is -2.32. The average molecular weight is 402 g/mol. The monoisotopic (exact) mass is 401 g/mol. The molecule has 6 nitrogen and oxygen atoms in total. The SMILES string of the molecule is CN=C(NCCS(=O)c1ccccc1)N1CCc2cc(OC)c(OC)cc2C1. The van der Waals surface area contributed by atoms with Crippen molar-refractivity contribution >= 4 is 16.8 Å². The predicted octanol–water partition coefficient (Wildman–Crippen LogP) is 2.45. The molecule has 1 unspecified atom stereocenters. The molecule has 1 heterocycles. The summed E-state index contributed by atoms with van der Waals surface area (Å²) in [5.74, 6) is 2.87. The Hall–Kier alpha value is -2.54. The van der Waals surface area contributed by atoms with Crippen molar-refractivity contribution in [1.82, 2.24) is 10.2 Å². The maximum atomic E-state index is 12.4. The van der Waals surface area contributed by atoms with Crippen LogP contribution in [-0.4, -0.2) is 55.2 Å². The number of aliphatic imine (C=N–C) groups is 1. The van der Waals surface area contributed by atoms with E-state index in [0.717, 1.165) is 41.9 Å². The van der Waals surface area contributed by atoms with Crippen LogP contribution in [0.5, 0.6) is 11.5 Å². The molecular weight excluding hydrogens is 374 g/mol. The van der Waals surface area contributed by atoms with E-state index in [9.17, 15) is 4.21 Å². The van der Waals surface area contributed by atoms with Gasteiger partial charge in [0.25, 0.3) is 0 Å². The van der Waals surface area contributed by atoms with Crippen molar-refractivity contribution in [3.63, 3.8) is 0 Å². The van der Waals surface area contributed by atoms with Crippen LogP contribution in [0.4, 0.5) is 0 Å². The van der Waals surface area contributed by atoms with Gasteiger partial charge in [0.15, 0.2) is 17.5 Å². The number of fused-ring (bicyclic) bond motifs is 1. The van der Waals surface area contributed by atoms with Gasteiger partial charge in [-0.15, -0.1) is 0 Å². The molecule has 28 heavy (non-hydrogen) atoms. The summed E-state index contributed by atoms with van der Waals surface area (Å²) in [6, 6.07) is 13.6. The topological polar surface area (TPSA) is 63.2 Å². The van der Waals surface area contributed by atoms with Crippen molar-refractivity contribution in [2.45, 2.75) is 17.9 Å². The summed E-state index contributed by atoms with van der Waals surface area (Å²) in [6.45, 7) is 2.21. The number of hydrogen-bond donors (Lipinski definition) is 1. The highest BCUT2D eigenvalue weighted by atomic mass is 32.2. The van der Waals surface area contributed by atoms with Crippen molar-refractivity contribution in [3.8, 4) is 11.5 Å². The third-order valence-corrected chi connectivity index (χ3v) is 6.18. The molecule has 2 aromatic rings. The summed E-state index contributed by atoms with van der Waals surface area (Å²) in [5, 5.41) is 3.35. The van der Waals surface area contributed by atoms with E-state index in [-0.39, 0.29) is 0 Å². The van der Waals surface area contributed by atoms with Crippen molar-refractivity contribution in [1.29, 1.82) is 0 Å². The Kier molecular flexibility index (Phi) is 6.92. The summed E-state index contributed by atoms with van der Waals surface area (Å²) in [6.07, 6.45) is 0.909. The summed E-state index contributed by atoms with van der Waals surface area (Å²) in [4.78, 5) is 7.47. The fourth-order valence-corrected chi connectivity index (χ4v) is 4.33. The number of nitrogens with one attached hydrogen (secondary N) is 1. The Morgan fingerprint density at radius 1 is 1.14 bits per heavy atom. The van der Waals surface area contributed by atoms with E-state index in [1.165, 1.54) is 11.1 Å². The van der Waals surface area contributed by atoms with Crippen LogP contribution < -0.4 is 14.8 Å². The maximum Gasteiger partial charge on any atom is 0.193 e. The molecule has 0 aliphatic carbocycles. The Bertz CT molecular complexity index is 855. The molecule has 2 aromatic carbocycles.